The highest BCUT2D eigenvalue weighted by Crippen LogP contribution is 2.34. The minimum absolute atomic E-state index is 0.0718. The van der Waals surface area contributed by atoms with Gasteiger partial charge in [0.2, 0.25) is 0 Å². The molecule has 0 atom stereocenters. The highest BCUT2D eigenvalue weighted by Gasteiger charge is 2.24. The average Bonchev–Trinajstić information content (AvgIpc) is 3.05. The second kappa shape index (κ2) is 7.41. The molecule has 0 bridgehead atoms. The predicted octanol–water partition coefficient (Wildman–Crippen LogP) is 4.22. The summed E-state index contributed by atoms with van der Waals surface area (Å²) in [5, 5.41) is 0.620. The number of allylic oxidation sites excluding steroid dienone is 1. The number of hydrogen-bond donors (Lipinski definition) is 0. The molecule has 0 radical (unpaired) electrons. The predicted molar refractivity (Wildman–Crippen MR) is 109 cm³/mol. The minimum Gasteiger partial charge on any atom is -0.492 e. The number of likely N-dealkylation sites (N-methyl/N-ethyl adjacent to an activating group) is 1. The third-order valence-electron chi connectivity index (χ3n) is 4.84. The smallest absolute Gasteiger partial charge is 0.196 e. The summed E-state index contributed by atoms with van der Waals surface area (Å²) >= 11 is 0. The molecule has 138 valence electrons. The Morgan fingerprint density at radius 3 is 2.70 bits per heavy atom. The molecule has 0 amide bonds. The van der Waals surface area contributed by atoms with Crippen LogP contribution < -0.4 is 10.2 Å². The summed E-state index contributed by atoms with van der Waals surface area (Å²) in [6, 6.07) is 15.6. The van der Waals surface area contributed by atoms with Crippen LogP contribution in [0, 0.1) is 0 Å². The molecule has 1 aliphatic rings. The lowest BCUT2D eigenvalue weighted by molar-refractivity contribution is 0.261. The van der Waals surface area contributed by atoms with Gasteiger partial charge in [0.1, 0.15) is 23.7 Å². The van der Waals surface area contributed by atoms with E-state index in [9.17, 15) is 4.79 Å². The van der Waals surface area contributed by atoms with Gasteiger partial charge in [0.15, 0.2) is 5.43 Å². The standard InChI is InChI=1S/C23H23NO3/c1-24(2)12-13-26-18-9-11-19-21(15-18)27-23-17(8-10-20(23)22(19)25)14-16-6-4-3-5-7-16/h3-7,9,11,14-15H,8,10,12-13H2,1-2H3/b17-14+. The van der Waals surface area contributed by atoms with Crippen LogP contribution in [0.15, 0.2) is 57.7 Å². The molecule has 3 aromatic rings. The van der Waals surface area contributed by atoms with E-state index >= 15 is 0 Å². The number of fused-ring (bicyclic) bond motifs is 2. The second-order valence-corrected chi connectivity index (χ2v) is 7.13. The van der Waals surface area contributed by atoms with E-state index in [1.54, 1.807) is 0 Å². The van der Waals surface area contributed by atoms with Crippen molar-refractivity contribution in [3.63, 3.8) is 0 Å². The maximum atomic E-state index is 12.9. The van der Waals surface area contributed by atoms with Crippen molar-refractivity contribution in [3.8, 4) is 5.75 Å². The molecule has 0 spiro atoms. The van der Waals surface area contributed by atoms with E-state index in [4.69, 9.17) is 9.15 Å². The molecule has 27 heavy (non-hydrogen) atoms. The van der Waals surface area contributed by atoms with Crippen LogP contribution in [0.1, 0.15) is 23.3 Å². The van der Waals surface area contributed by atoms with E-state index in [1.807, 2.05) is 50.5 Å². The van der Waals surface area contributed by atoms with Gasteiger partial charge in [0.05, 0.1) is 5.39 Å². The lowest BCUT2D eigenvalue weighted by Gasteiger charge is -2.11. The fourth-order valence-corrected chi connectivity index (χ4v) is 3.40. The number of rotatable bonds is 5. The van der Waals surface area contributed by atoms with Crippen molar-refractivity contribution in [1.82, 2.24) is 4.90 Å². The SMILES string of the molecule is CN(C)CCOc1ccc2c(=O)c3c(oc2c1)/C(=C/c1ccccc1)CC3. The van der Waals surface area contributed by atoms with Gasteiger partial charge in [-0.1, -0.05) is 30.3 Å². The quantitative estimate of drug-likeness (QED) is 0.682. The van der Waals surface area contributed by atoms with Crippen molar-refractivity contribution >= 4 is 22.6 Å². The van der Waals surface area contributed by atoms with Crippen LogP contribution in [0.5, 0.6) is 5.75 Å². The Morgan fingerprint density at radius 1 is 1.11 bits per heavy atom. The number of hydrogen-bond acceptors (Lipinski definition) is 4. The van der Waals surface area contributed by atoms with Crippen molar-refractivity contribution in [2.45, 2.75) is 12.8 Å². The van der Waals surface area contributed by atoms with E-state index in [2.05, 4.69) is 23.1 Å². The van der Waals surface area contributed by atoms with Gasteiger partial charge < -0.3 is 14.1 Å². The first kappa shape index (κ1) is 17.6. The lowest BCUT2D eigenvalue weighted by Crippen LogP contribution is -2.19. The van der Waals surface area contributed by atoms with Gasteiger partial charge in [-0.3, -0.25) is 4.79 Å². The molecule has 0 aliphatic heterocycles. The maximum Gasteiger partial charge on any atom is 0.196 e. The largest absolute Gasteiger partial charge is 0.492 e. The molecule has 1 aromatic heterocycles. The molecule has 4 nitrogen and oxygen atoms in total. The van der Waals surface area contributed by atoms with Gasteiger partial charge in [-0.15, -0.1) is 0 Å². The van der Waals surface area contributed by atoms with Crippen molar-refractivity contribution in [3.05, 3.63) is 75.6 Å². The van der Waals surface area contributed by atoms with Crippen molar-refractivity contribution in [2.24, 2.45) is 0 Å². The fourth-order valence-electron chi connectivity index (χ4n) is 3.40. The Kier molecular flexibility index (Phi) is 4.82. The van der Waals surface area contributed by atoms with Crippen LogP contribution in [0.2, 0.25) is 0 Å². The Balaban J connectivity index is 1.71. The van der Waals surface area contributed by atoms with Crippen LogP contribution in [0.3, 0.4) is 0 Å². The zero-order chi connectivity index (χ0) is 18.8. The van der Waals surface area contributed by atoms with E-state index < -0.39 is 0 Å². The van der Waals surface area contributed by atoms with Gasteiger partial charge in [0.25, 0.3) is 0 Å². The van der Waals surface area contributed by atoms with Gasteiger partial charge >= 0.3 is 0 Å². The molecule has 2 aromatic carbocycles. The third kappa shape index (κ3) is 3.67. The van der Waals surface area contributed by atoms with Gasteiger partial charge in [-0.25, -0.2) is 0 Å². The van der Waals surface area contributed by atoms with Crippen molar-refractivity contribution < 1.29 is 9.15 Å². The first-order valence-corrected chi connectivity index (χ1v) is 9.25. The molecule has 0 saturated carbocycles. The first-order valence-electron chi connectivity index (χ1n) is 9.25. The van der Waals surface area contributed by atoms with E-state index in [1.165, 1.54) is 0 Å². The van der Waals surface area contributed by atoms with E-state index in [-0.39, 0.29) is 5.43 Å². The molecular weight excluding hydrogens is 338 g/mol. The maximum absolute atomic E-state index is 12.9. The molecule has 4 rings (SSSR count). The monoisotopic (exact) mass is 361 g/mol. The zero-order valence-corrected chi connectivity index (χ0v) is 15.7. The van der Waals surface area contributed by atoms with Crippen LogP contribution in [0.4, 0.5) is 0 Å². The van der Waals surface area contributed by atoms with E-state index in [0.717, 1.165) is 47.6 Å². The Morgan fingerprint density at radius 2 is 1.93 bits per heavy atom. The highest BCUT2D eigenvalue weighted by molar-refractivity contribution is 5.87. The molecule has 0 saturated heterocycles. The summed E-state index contributed by atoms with van der Waals surface area (Å²) in [5.41, 5.74) is 3.63. The van der Waals surface area contributed by atoms with Crippen LogP contribution in [-0.4, -0.2) is 32.1 Å². The summed E-state index contributed by atoms with van der Waals surface area (Å²) in [4.78, 5) is 15.0. The molecule has 0 unspecified atom stereocenters. The zero-order valence-electron chi connectivity index (χ0n) is 15.7. The molecule has 4 heteroatoms. The Hall–Kier alpha value is -2.85. The normalized spacial score (nSPS) is 14.9. The second-order valence-electron chi connectivity index (χ2n) is 7.13. The third-order valence-corrected chi connectivity index (χ3v) is 4.84. The Labute approximate surface area is 158 Å². The fraction of sp³-hybridized carbons (Fsp3) is 0.261. The topological polar surface area (TPSA) is 42.7 Å². The van der Waals surface area contributed by atoms with Crippen LogP contribution in [0.25, 0.3) is 22.6 Å². The van der Waals surface area contributed by atoms with Gasteiger partial charge in [0, 0.05) is 18.2 Å². The van der Waals surface area contributed by atoms with E-state index in [0.29, 0.717) is 17.6 Å². The van der Waals surface area contributed by atoms with Crippen molar-refractivity contribution in [1.29, 1.82) is 0 Å². The molecule has 0 fully saturated rings. The van der Waals surface area contributed by atoms with Crippen LogP contribution >= 0.6 is 0 Å². The van der Waals surface area contributed by atoms with Crippen LogP contribution in [-0.2, 0) is 6.42 Å². The Bertz CT molecular complexity index is 1050. The first-order chi connectivity index (χ1) is 13.1. The molecule has 0 N–H and O–H groups in total. The number of ether oxygens (including phenoxy) is 1. The highest BCUT2D eigenvalue weighted by atomic mass is 16.5. The van der Waals surface area contributed by atoms with Gasteiger partial charge in [-0.2, -0.15) is 0 Å². The summed E-state index contributed by atoms with van der Waals surface area (Å²) in [6.07, 6.45) is 3.66. The average molecular weight is 361 g/mol. The summed E-state index contributed by atoms with van der Waals surface area (Å²) in [7, 11) is 4.01. The molecular formula is C23H23NO3. The molecule has 1 aliphatic carbocycles. The van der Waals surface area contributed by atoms with Gasteiger partial charge in [-0.05, 0) is 56.3 Å². The summed E-state index contributed by atoms with van der Waals surface area (Å²) in [6.45, 7) is 1.42. The minimum atomic E-state index is 0.0718. The van der Waals surface area contributed by atoms with Crippen molar-refractivity contribution in [2.75, 3.05) is 27.2 Å². The number of nitrogens with zero attached hydrogens (tertiary/aromatic N) is 1. The number of benzene rings is 2. The summed E-state index contributed by atoms with van der Waals surface area (Å²) in [5.74, 6) is 1.45. The molecule has 1 heterocycles. The lowest BCUT2D eigenvalue weighted by atomic mass is 10.1. The summed E-state index contributed by atoms with van der Waals surface area (Å²) < 4.78 is 12.0.